The number of esters is 4. The molecule has 0 fully saturated rings. The molecular weight excluding hydrogens is 1260 g/mol. The summed E-state index contributed by atoms with van der Waals surface area (Å²) in [4.78, 5) is 72.7. The van der Waals surface area contributed by atoms with Gasteiger partial charge in [0.25, 0.3) is 0 Å². The molecule has 0 aromatic rings. The number of carbonyl (C=O) groups excluding carboxylic acids is 4. The van der Waals surface area contributed by atoms with Gasteiger partial charge in [-0.15, -0.1) is 0 Å². The van der Waals surface area contributed by atoms with Crippen LogP contribution in [0.5, 0.6) is 0 Å². The van der Waals surface area contributed by atoms with Crippen LogP contribution in [0.1, 0.15) is 272 Å². The number of allylic oxidation sites excluding steroid dienone is 22. The molecule has 5 atom stereocenters. The van der Waals surface area contributed by atoms with Gasteiger partial charge in [0.05, 0.1) is 26.4 Å². The lowest BCUT2D eigenvalue weighted by Gasteiger charge is -2.21. The number of ether oxygens (including phenoxy) is 4. The van der Waals surface area contributed by atoms with E-state index < -0.39 is 97.5 Å². The normalized spacial score (nSPS) is 14.8. The van der Waals surface area contributed by atoms with Crippen LogP contribution in [0.25, 0.3) is 0 Å². The van der Waals surface area contributed by atoms with Gasteiger partial charge in [-0.25, -0.2) is 9.13 Å². The van der Waals surface area contributed by atoms with E-state index in [9.17, 15) is 43.2 Å². The van der Waals surface area contributed by atoms with E-state index in [4.69, 9.17) is 37.0 Å². The standard InChI is InChI=1S/C77H128O17P2/c1-5-9-13-17-21-25-29-32-35-38-42-45-49-53-57-61-74(79)87-67-72(93-76(81)63-59-55-51-47-41-28-24-20-16-12-8-4)69-91-95(83,84)89-65-71(78)66-90-96(85,86)92-70-73(94-77(82)64-60-56-52-48-44-40-37-34-31-27-23-19-15-11-7-3)68-88-75(80)62-58-54-50-46-43-39-36-33-30-26-22-18-14-10-6-2/h9-11,13-15,20-27,32-37,43,46,71-73,78H,5-8,12,16-19,28-31,38-42,44-45,47-70H2,1-4H3,(H,83,84)(H,85,86)/b13-9-,14-10-,15-11-,24-20-,25-21-,26-22-,27-23-,35-32-,36-33-,37-34-,46-43-. The second kappa shape index (κ2) is 68.7. The van der Waals surface area contributed by atoms with E-state index >= 15 is 0 Å². The van der Waals surface area contributed by atoms with Crippen molar-refractivity contribution in [1.82, 2.24) is 0 Å². The molecule has 0 aliphatic heterocycles. The van der Waals surface area contributed by atoms with E-state index in [1.165, 1.54) is 12.8 Å². The number of phosphoric acid groups is 2. The highest BCUT2D eigenvalue weighted by Gasteiger charge is 2.30. The maximum absolute atomic E-state index is 13.0. The second-order valence-electron chi connectivity index (χ2n) is 23.7. The summed E-state index contributed by atoms with van der Waals surface area (Å²) in [6.07, 6.45) is 74.6. The van der Waals surface area contributed by atoms with Crippen molar-refractivity contribution < 1.29 is 80.2 Å². The smallest absolute Gasteiger partial charge is 0.462 e. The van der Waals surface area contributed by atoms with E-state index in [-0.39, 0.29) is 25.7 Å². The van der Waals surface area contributed by atoms with E-state index in [2.05, 4.69) is 161 Å². The number of aliphatic hydroxyl groups is 1. The zero-order valence-corrected chi connectivity index (χ0v) is 61.3. The third-order valence-corrected chi connectivity index (χ3v) is 16.5. The monoisotopic (exact) mass is 1390 g/mol. The molecule has 0 radical (unpaired) electrons. The van der Waals surface area contributed by atoms with Gasteiger partial charge in [0.2, 0.25) is 0 Å². The molecule has 96 heavy (non-hydrogen) atoms. The number of rotatable bonds is 67. The molecule has 0 aromatic heterocycles. The van der Waals surface area contributed by atoms with Crippen LogP contribution >= 0.6 is 15.6 Å². The fourth-order valence-electron chi connectivity index (χ4n) is 9.10. The third kappa shape index (κ3) is 67.8. The van der Waals surface area contributed by atoms with E-state index in [1.54, 1.807) is 0 Å². The first kappa shape index (κ1) is 91.2. The molecule has 0 spiro atoms. The average Bonchev–Trinajstić information content (AvgIpc) is 1.09. The summed E-state index contributed by atoms with van der Waals surface area (Å²) in [6, 6.07) is 0. The molecule has 3 N–H and O–H groups in total. The van der Waals surface area contributed by atoms with Crippen molar-refractivity contribution in [2.75, 3.05) is 39.6 Å². The highest BCUT2D eigenvalue weighted by molar-refractivity contribution is 7.47. The quantitative estimate of drug-likeness (QED) is 0.0169. The first-order valence-electron chi connectivity index (χ1n) is 36.4. The Morgan fingerprint density at radius 1 is 0.302 bits per heavy atom. The van der Waals surface area contributed by atoms with E-state index in [0.29, 0.717) is 25.7 Å². The molecule has 17 nitrogen and oxygen atoms in total. The summed E-state index contributed by atoms with van der Waals surface area (Å²) >= 11 is 0. The Balaban J connectivity index is 5.40. The molecule has 0 rings (SSSR count). The van der Waals surface area contributed by atoms with Gasteiger partial charge in [0.15, 0.2) is 12.2 Å². The van der Waals surface area contributed by atoms with Crippen molar-refractivity contribution in [3.8, 4) is 0 Å². The first-order chi connectivity index (χ1) is 46.7. The number of hydrogen-bond acceptors (Lipinski definition) is 15. The van der Waals surface area contributed by atoms with Crippen LogP contribution in [-0.4, -0.2) is 96.7 Å². The van der Waals surface area contributed by atoms with Crippen molar-refractivity contribution in [3.63, 3.8) is 0 Å². The summed E-state index contributed by atoms with van der Waals surface area (Å²) in [7, 11) is -9.97. The maximum atomic E-state index is 13.0. The number of unbranched alkanes of at least 4 members (excludes halogenated alkanes) is 19. The maximum Gasteiger partial charge on any atom is 0.472 e. The molecule has 0 saturated carbocycles. The molecule has 0 amide bonds. The van der Waals surface area contributed by atoms with Gasteiger partial charge >= 0.3 is 39.5 Å². The molecule has 0 bridgehead atoms. The van der Waals surface area contributed by atoms with Gasteiger partial charge in [-0.2, -0.15) is 0 Å². The largest absolute Gasteiger partial charge is 0.472 e. The van der Waals surface area contributed by atoms with Crippen molar-refractivity contribution in [1.29, 1.82) is 0 Å². The van der Waals surface area contributed by atoms with Crippen LogP contribution in [0, 0.1) is 0 Å². The molecule has 19 heteroatoms. The lowest BCUT2D eigenvalue weighted by atomic mass is 10.1. The summed E-state index contributed by atoms with van der Waals surface area (Å²) in [5, 5.41) is 10.6. The highest BCUT2D eigenvalue weighted by atomic mass is 31.2. The zero-order chi connectivity index (χ0) is 70.4. The van der Waals surface area contributed by atoms with Crippen LogP contribution in [0.15, 0.2) is 134 Å². The van der Waals surface area contributed by atoms with Crippen molar-refractivity contribution in [2.24, 2.45) is 0 Å². The Morgan fingerprint density at radius 3 is 0.865 bits per heavy atom. The molecule has 0 heterocycles. The van der Waals surface area contributed by atoms with Crippen molar-refractivity contribution in [3.05, 3.63) is 134 Å². The third-order valence-electron chi connectivity index (χ3n) is 14.6. The summed E-state index contributed by atoms with van der Waals surface area (Å²) in [6.45, 7) is 4.37. The molecular formula is C77H128O17P2. The minimum absolute atomic E-state index is 0.0624. The van der Waals surface area contributed by atoms with Crippen LogP contribution in [0.2, 0.25) is 0 Å². The fourth-order valence-corrected chi connectivity index (χ4v) is 10.7. The van der Waals surface area contributed by atoms with Crippen LogP contribution < -0.4 is 0 Å². The zero-order valence-electron chi connectivity index (χ0n) is 59.5. The van der Waals surface area contributed by atoms with Gasteiger partial charge < -0.3 is 33.8 Å². The van der Waals surface area contributed by atoms with E-state index in [0.717, 1.165) is 180 Å². The van der Waals surface area contributed by atoms with Crippen LogP contribution in [0.3, 0.4) is 0 Å². The predicted octanol–water partition coefficient (Wildman–Crippen LogP) is 20.5. The minimum Gasteiger partial charge on any atom is -0.462 e. The van der Waals surface area contributed by atoms with Crippen molar-refractivity contribution >= 4 is 39.5 Å². The molecule has 5 unspecified atom stereocenters. The van der Waals surface area contributed by atoms with E-state index in [1.807, 2.05) is 0 Å². The number of aliphatic hydroxyl groups excluding tert-OH is 1. The SMILES string of the molecule is CC/C=C\C/C=C\C/C=C\C/C=C\CCCCC(=O)OCC(COP(=O)(O)OCC(O)COP(=O)(O)OCC(COC(=O)CCCCCCC/C=C\C/C=C\C/C=C\CC)OC(=O)CCCCCCC/C=C\CCCC)OC(=O)CCCCCCC/C=C\C/C=C\C/C=C\CC. The van der Waals surface area contributed by atoms with Gasteiger partial charge in [-0.05, 0) is 148 Å². The molecule has 0 aromatic carbocycles. The predicted molar refractivity (Wildman–Crippen MR) is 390 cm³/mol. The summed E-state index contributed by atoms with van der Waals surface area (Å²) in [5.74, 6) is -2.28. The summed E-state index contributed by atoms with van der Waals surface area (Å²) in [5.41, 5.74) is 0. The fraction of sp³-hybridized carbons (Fsp3) is 0.662. The van der Waals surface area contributed by atoms with Crippen LogP contribution in [-0.2, 0) is 65.4 Å². The number of carbonyl (C=O) groups is 4. The van der Waals surface area contributed by atoms with Gasteiger partial charge in [-0.1, -0.05) is 232 Å². The van der Waals surface area contributed by atoms with Gasteiger partial charge in [-0.3, -0.25) is 37.3 Å². The Kier molecular flexibility index (Phi) is 65.3. The first-order valence-corrected chi connectivity index (χ1v) is 39.4. The summed E-state index contributed by atoms with van der Waals surface area (Å²) < 4.78 is 68.3. The van der Waals surface area contributed by atoms with Crippen molar-refractivity contribution in [2.45, 2.75) is 290 Å². The topological polar surface area (TPSA) is 237 Å². The second-order valence-corrected chi connectivity index (χ2v) is 26.6. The lowest BCUT2D eigenvalue weighted by molar-refractivity contribution is -0.161. The Bertz CT molecular complexity index is 2350. The lowest BCUT2D eigenvalue weighted by Crippen LogP contribution is -2.30. The number of phosphoric ester groups is 2. The Labute approximate surface area is 580 Å². The molecule has 548 valence electrons. The molecule has 0 aliphatic carbocycles. The number of hydrogen-bond donors (Lipinski definition) is 3. The molecule has 0 aliphatic rings. The van der Waals surface area contributed by atoms with Crippen LogP contribution in [0.4, 0.5) is 0 Å². The average molecular weight is 1390 g/mol. The minimum atomic E-state index is -4.99. The molecule has 0 saturated heterocycles. The highest BCUT2D eigenvalue weighted by Crippen LogP contribution is 2.45. The van der Waals surface area contributed by atoms with Gasteiger partial charge in [0.1, 0.15) is 19.3 Å². The Hall–Kier alpha value is -4.80. The van der Waals surface area contributed by atoms with Gasteiger partial charge in [0, 0.05) is 25.7 Å². The Morgan fingerprint density at radius 2 is 0.542 bits per heavy atom.